The number of aliphatic hydroxyl groups is 1. The lowest BCUT2D eigenvalue weighted by Gasteiger charge is -2.22. The summed E-state index contributed by atoms with van der Waals surface area (Å²) in [4.78, 5) is 14.2. The van der Waals surface area contributed by atoms with Gasteiger partial charge in [-0.25, -0.2) is 0 Å². The van der Waals surface area contributed by atoms with Crippen LogP contribution in [0.2, 0.25) is 0 Å². The van der Waals surface area contributed by atoms with Crippen LogP contribution in [0.25, 0.3) is 0 Å². The lowest BCUT2D eigenvalue weighted by atomic mass is 10.1. The Kier molecular flexibility index (Phi) is 4.70. The minimum atomic E-state index is -0.0414. The SMILES string of the molecule is O=C(c1ccccc1)N(CCCO)c1ccccc1. The number of aliphatic hydroxyl groups excluding tert-OH is 1. The number of hydrogen-bond acceptors (Lipinski definition) is 2. The Morgan fingerprint density at radius 3 is 2.11 bits per heavy atom. The number of benzene rings is 2. The van der Waals surface area contributed by atoms with Gasteiger partial charge in [-0.3, -0.25) is 4.79 Å². The van der Waals surface area contributed by atoms with Crippen molar-refractivity contribution in [2.24, 2.45) is 0 Å². The number of carbonyl (C=O) groups excluding carboxylic acids is 1. The summed E-state index contributed by atoms with van der Waals surface area (Å²) in [5.74, 6) is -0.0414. The predicted molar refractivity (Wildman–Crippen MR) is 76.3 cm³/mol. The molecule has 0 heterocycles. The number of hydrogen-bond donors (Lipinski definition) is 1. The third kappa shape index (κ3) is 3.42. The number of amides is 1. The molecule has 0 fully saturated rings. The standard InChI is InChI=1S/C16H17NO2/c18-13-7-12-17(15-10-5-2-6-11-15)16(19)14-8-3-1-4-9-14/h1-6,8-11,18H,7,12-13H2. The molecule has 19 heavy (non-hydrogen) atoms. The summed E-state index contributed by atoms with van der Waals surface area (Å²) < 4.78 is 0. The quantitative estimate of drug-likeness (QED) is 0.892. The van der Waals surface area contributed by atoms with Crippen molar-refractivity contribution in [2.45, 2.75) is 6.42 Å². The Morgan fingerprint density at radius 1 is 0.947 bits per heavy atom. The summed E-state index contributed by atoms with van der Waals surface area (Å²) in [7, 11) is 0. The van der Waals surface area contributed by atoms with Crippen LogP contribution in [0.5, 0.6) is 0 Å². The maximum atomic E-state index is 12.5. The van der Waals surface area contributed by atoms with Crippen molar-refractivity contribution in [1.82, 2.24) is 0 Å². The Hall–Kier alpha value is -2.13. The van der Waals surface area contributed by atoms with Gasteiger partial charge in [0.05, 0.1) is 0 Å². The molecule has 2 aromatic rings. The van der Waals surface area contributed by atoms with Crippen molar-refractivity contribution in [3.63, 3.8) is 0 Å². The van der Waals surface area contributed by atoms with Crippen LogP contribution in [0.4, 0.5) is 5.69 Å². The van der Waals surface area contributed by atoms with Crippen LogP contribution in [0.1, 0.15) is 16.8 Å². The molecule has 0 radical (unpaired) electrons. The topological polar surface area (TPSA) is 40.5 Å². The van der Waals surface area contributed by atoms with E-state index >= 15 is 0 Å². The summed E-state index contributed by atoms with van der Waals surface area (Å²) in [6, 6.07) is 18.7. The second-order valence-electron chi connectivity index (χ2n) is 4.24. The van der Waals surface area contributed by atoms with E-state index in [1.807, 2.05) is 48.5 Å². The molecule has 0 saturated heterocycles. The minimum absolute atomic E-state index is 0.0414. The van der Waals surface area contributed by atoms with Crippen LogP contribution >= 0.6 is 0 Å². The summed E-state index contributed by atoms with van der Waals surface area (Å²) in [5, 5.41) is 8.98. The van der Waals surface area contributed by atoms with Crippen molar-refractivity contribution in [3.05, 3.63) is 66.2 Å². The van der Waals surface area contributed by atoms with Crippen LogP contribution in [0.3, 0.4) is 0 Å². The van der Waals surface area contributed by atoms with Gasteiger partial charge in [-0.05, 0) is 30.7 Å². The summed E-state index contributed by atoms with van der Waals surface area (Å²) in [6.45, 7) is 0.583. The zero-order chi connectivity index (χ0) is 13.5. The smallest absolute Gasteiger partial charge is 0.258 e. The summed E-state index contributed by atoms with van der Waals surface area (Å²) >= 11 is 0. The minimum Gasteiger partial charge on any atom is -0.396 e. The molecular formula is C16H17NO2. The predicted octanol–water partition coefficient (Wildman–Crippen LogP) is 2.72. The van der Waals surface area contributed by atoms with E-state index in [2.05, 4.69) is 0 Å². The first-order chi connectivity index (χ1) is 9.33. The number of para-hydroxylation sites is 1. The van der Waals surface area contributed by atoms with Gasteiger partial charge in [0.1, 0.15) is 0 Å². The molecule has 1 amide bonds. The fraction of sp³-hybridized carbons (Fsp3) is 0.188. The van der Waals surface area contributed by atoms with Gasteiger partial charge in [0, 0.05) is 24.4 Å². The van der Waals surface area contributed by atoms with E-state index in [-0.39, 0.29) is 12.5 Å². The molecule has 98 valence electrons. The van der Waals surface area contributed by atoms with Crippen molar-refractivity contribution < 1.29 is 9.90 Å². The number of carbonyl (C=O) groups is 1. The third-order valence-electron chi connectivity index (χ3n) is 2.87. The first-order valence-electron chi connectivity index (χ1n) is 6.36. The first-order valence-corrected chi connectivity index (χ1v) is 6.36. The maximum Gasteiger partial charge on any atom is 0.258 e. The lowest BCUT2D eigenvalue weighted by Crippen LogP contribution is -2.32. The number of anilines is 1. The number of nitrogens with zero attached hydrogens (tertiary/aromatic N) is 1. The van der Waals surface area contributed by atoms with Crippen LogP contribution < -0.4 is 4.90 Å². The molecule has 3 nitrogen and oxygen atoms in total. The second kappa shape index (κ2) is 6.71. The van der Waals surface area contributed by atoms with Gasteiger partial charge >= 0.3 is 0 Å². The molecule has 1 N–H and O–H groups in total. The van der Waals surface area contributed by atoms with E-state index in [4.69, 9.17) is 5.11 Å². The monoisotopic (exact) mass is 255 g/mol. The van der Waals surface area contributed by atoms with Gasteiger partial charge in [-0.1, -0.05) is 36.4 Å². The lowest BCUT2D eigenvalue weighted by molar-refractivity contribution is 0.0985. The normalized spacial score (nSPS) is 10.2. The van der Waals surface area contributed by atoms with Crippen LogP contribution in [-0.4, -0.2) is 24.2 Å². The molecule has 0 spiro atoms. The molecular weight excluding hydrogens is 238 g/mol. The average molecular weight is 255 g/mol. The van der Waals surface area contributed by atoms with E-state index < -0.39 is 0 Å². The highest BCUT2D eigenvalue weighted by Gasteiger charge is 2.16. The zero-order valence-corrected chi connectivity index (χ0v) is 10.7. The highest BCUT2D eigenvalue weighted by atomic mass is 16.3. The number of rotatable bonds is 5. The Morgan fingerprint density at radius 2 is 1.53 bits per heavy atom. The summed E-state index contributed by atoms with van der Waals surface area (Å²) in [6.07, 6.45) is 0.563. The fourth-order valence-electron chi connectivity index (χ4n) is 1.92. The van der Waals surface area contributed by atoms with Crippen molar-refractivity contribution in [3.8, 4) is 0 Å². The van der Waals surface area contributed by atoms with E-state index in [1.165, 1.54) is 0 Å². The van der Waals surface area contributed by atoms with Crippen LogP contribution in [0, 0.1) is 0 Å². The largest absolute Gasteiger partial charge is 0.396 e. The van der Waals surface area contributed by atoms with Crippen molar-refractivity contribution in [2.75, 3.05) is 18.1 Å². The molecule has 0 saturated carbocycles. The Labute approximate surface area is 113 Å². The Bertz CT molecular complexity index is 511. The molecule has 2 aromatic carbocycles. The van der Waals surface area contributed by atoms with Crippen molar-refractivity contribution >= 4 is 11.6 Å². The molecule has 0 aromatic heterocycles. The van der Waals surface area contributed by atoms with Gasteiger partial charge in [-0.2, -0.15) is 0 Å². The van der Waals surface area contributed by atoms with E-state index in [9.17, 15) is 4.79 Å². The average Bonchev–Trinajstić information content (AvgIpc) is 2.49. The Balaban J connectivity index is 2.25. The highest BCUT2D eigenvalue weighted by Crippen LogP contribution is 2.17. The molecule has 2 rings (SSSR count). The van der Waals surface area contributed by atoms with E-state index in [0.29, 0.717) is 18.5 Å². The van der Waals surface area contributed by atoms with Gasteiger partial charge in [0.15, 0.2) is 0 Å². The second-order valence-corrected chi connectivity index (χ2v) is 4.24. The van der Waals surface area contributed by atoms with Gasteiger partial charge in [-0.15, -0.1) is 0 Å². The maximum absolute atomic E-state index is 12.5. The molecule has 0 bridgehead atoms. The van der Waals surface area contributed by atoms with Crippen molar-refractivity contribution in [1.29, 1.82) is 0 Å². The first kappa shape index (κ1) is 13.3. The van der Waals surface area contributed by atoms with Crippen LogP contribution in [-0.2, 0) is 0 Å². The molecule has 0 aliphatic carbocycles. The zero-order valence-electron chi connectivity index (χ0n) is 10.7. The van der Waals surface area contributed by atoms with E-state index in [1.54, 1.807) is 17.0 Å². The molecule has 0 atom stereocenters. The van der Waals surface area contributed by atoms with Gasteiger partial charge < -0.3 is 10.0 Å². The highest BCUT2D eigenvalue weighted by molar-refractivity contribution is 6.06. The van der Waals surface area contributed by atoms with Gasteiger partial charge in [0.2, 0.25) is 0 Å². The molecule has 3 heteroatoms. The van der Waals surface area contributed by atoms with Crippen LogP contribution in [0.15, 0.2) is 60.7 Å². The third-order valence-corrected chi connectivity index (χ3v) is 2.87. The van der Waals surface area contributed by atoms with Gasteiger partial charge in [0.25, 0.3) is 5.91 Å². The fourth-order valence-corrected chi connectivity index (χ4v) is 1.92. The summed E-state index contributed by atoms with van der Waals surface area (Å²) in [5.41, 5.74) is 1.51. The molecule has 0 aliphatic heterocycles. The molecule has 0 unspecified atom stereocenters. The molecule has 0 aliphatic rings. The van der Waals surface area contributed by atoms with E-state index in [0.717, 1.165) is 5.69 Å².